The number of carbonyl (C=O) groups excluding carboxylic acids is 1. The molecular formula is C9H23NO. The number of carbonyl (C=O) groups is 1. The summed E-state index contributed by atoms with van der Waals surface area (Å²) in [6, 6.07) is 0. The first-order valence-electron chi connectivity index (χ1n) is 2.62. The molecule has 11 heavy (non-hydrogen) atoms. The third-order valence-corrected chi connectivity index (χ3v) is 0.725. The summed E-state index contributed by atoms with van der Waals surface area (Å²) in [5, 5.41) is 2.61. The van der Waals surface area contributed by atoms with Crippen molar-refractivity contribution in [1.29, 1.82) is 0 Å². The molecule has 0 saturated carbocycles. The summed E-state index contributed by atoms with van der Waals surface area (Å²) in [5.74, 6) is -0.0625. The fourth-order valence-corrected chi connectivity index (χ4v) is 0.311. The Bertz CT molecular complexity index is 108. The molecule has 0 radical (unpaired) electrons. The van der Waals surface area contributed by atoms with Gasteiger partial charge in [0.05, 0.1) is 0 Å². The summed E-state index contributed by atoms with van der Waals surface area (Å²) in [7, 11) is 0. The molecule has 0 aromatic heterocycles. The van der Waals surface area contributed by atoms with Gasteiger partial charge in [0.1, 0.15) is 0 Å². The summed E-state index contributed by atoms with van der Waals surface area (Å²) in [6.45, 7) is 7.70. The van der Waals surface area contributed by atoms with Crippen molar-refractivity contribution >= 4 is 5.91 Å². The fraction of sp³-hybridized carbons (Fsp3) is 0.667. The second kappa shape index (κ2) is 11.9. The first kappa shape index (κ1) is 22.5. The van der Waals surface area contributed by atoms with Crippen molar-refractivity contribution < 1.29 is 4.79 Å². The Balaban J connectivity index is -0.0000000817. The second-order valence-electron chi connectivity index (χ2n) is 1.64. The van der Waals surface area contributed by atoms with Gasteiger partial charge >= 0.3 is 0 Å². The molecule has 0 saturated heterocycles. The molecule has 0 aliphatic carbocycles. The predicted octanol–water partition coefficient (Wildman–Crippen LogP) is 2.61. The van der Waals surface area contributed by atoms with Crippen LogP contribution in [0.1, 0.15) is 36.1 Å². The molecule has 0 unspecified atom stereocenters. The average molecular weight is 161 g/mol. The maximum Gasteiger partial charge on any atom is 0.246 e. The van der Waals surface area contributed by atoms with Crippen LogP contribution in [0.5, 0.6) is 0 Å². The van der Waals surface area contributed by atoms with Gasteiger partial charge in [0.25, 0.3) is 0 Å². The second-order valence-corrected chi connectivity index (χ2v) is 1.64. The van der Waals surface area contributed by atoms with Gasteiger partial charge in [0, 0.05) is 12.1 Å². The van der Waals surface area contributed by atoms with E-state index in [0.717, 1.165) is 0 Å². The Morgan fingerprint density at radius 3 is 1.82 bits per heavy atom. The molecule has 0 rings (SSSR count). The molecule has 0 aliphatic rings. The van der Waals surface area contributed by atoms with Gasteiger partial charge in [-0.25, -0.2) is 0 Å². The van der Waals surface area contributed by atoms with Gasteiger partial charge in [-0.05, 0) is 13.8 Å². The monoisotopic (exact) mass is 161 g/mol. The summed E-state index contributed by atoms with van der Waals surface area (Å²) >= 11 is 0. The van der Waals surface area contributed by atoms with Crippen LogP contribution in [0.25, 0.3) is 0 Å². The van der Waals surface area contributed by atoms with Crippen molar-refractivity contribution in [1.82, 2.24) is 5.32 Å². The van der Waals surface area contributed by atoms with E-state index in [1.165, 1.54) is 0 Å². The third-order valence-electron chi connectivity index (χ3n) is 0.725. The van der Waals surface area contributed by atoms with Crippen LogP contribution in [-0.2, 0) is 4.79 Å². The van der Waals surface area contributed by atoms with Crippen LogP contribution < -0.4 is 5.32 Å². The van der Waals surface area contributed by atoms with Crippen molar-refractivity contribution in [2.75, 3.05) is 6.54 Å². The molecule has 1 N–H and O–H groups in total. The number of nitrogens with one attached hydrogen (secondary N) is 1. The molecule has 70 valence electrons. The van der Waals surface area contributed by atoms with E-state index >= 15 is 0 Å². The minimum Gasteiger partial charge on any atom is -0.353 e. The molecule has 1 amide bonds. The van der Waals surface area contributed by atoms with Gasteiger partial charge in [-0.3, -0.25) is 4.79 Å². The highest BCUT2D eigenvalue weighted by atomic mass is 16.1. The van der Waals surface area contributed by atoms with Gasteiger partial charge < -0.3 is 5.32 Å². The van der Waals surface area contributed by atoms with E-state index in [2.05, 4.69) is 11.9 Å². The number of amides is 1. The van der Waals surface area contributed by atoms with Crippen LogP contribution >= 0.6 is 0 Å². The van der Waals surface area contributed by atoms with Gasteiger partial charge in [-0.15, -0.1) is 0 Å². The van der Waals surface area contributed by atoms with E-state index in [1.807, 2.05) is 6.92 Å². The highest BCUT2D eigenvalue weighted by molar-refractivity contribution is 5.91. The van der Waals surface area contributed by atoms with E-state index in [0.29, 0.717) is 12.1 Å². The van der Waals surface area contributed by atoms with Crippen molar-refractivity contribution in [3.05, 3.63) is 12.2 Å². The lowest BCUT2D eigenvalue weighted by Crippen LogP contribution is -2.22. The Kier molecular flexibility index (Phi) is 24.4. The largest absolute Gasteiger partial charge is 0.353 e. The molecule has 0 aromatic rings. The van der Waals surface area contributed by atoms with Crippen LogP contribution in [0.4, 0.5) is 0 Å². The fourth-order valence-electron chi connectivity index (χ4n) is 0.311. The average Bonchev–Trinajstić information content (AvgIpc) is 1.67. The van der Waals surface area contributed by atoms with Crippen LogP contribution in [0.2, 0.25) is 0 Å². The number of likely N-dealkylation sites (N-methyl/N-ethyl adjacent to an activating group) is 1. The van der Waals surface area contributed by atoms with E-state index in [9.17, 15) is 4.79 Å². The lowest BCUT2D eigenvalue weighted by atomic mass is 10.3. The van der Waals surface area contributed by atoms with Gasteiger partial charge in [0.2, 0.25) is 5.91 Å². The standard InChI is InChI=1S/C6H11NO.3CH4/c1-4-7-6(8)5(2)3;;;/h2,4H2,1,3H3,(H,7,8);3*1H4. The predicted molar refractivity (Wildman–Crippen MR) is 53.7 cm³/mol. The number of hydrogen-bond donors (Lipinski definition) is 1. The van der Waals surface area contributed by atoms with E-state index in [1.54, 1.807) is 6.92 Å². The smallest absolute Gasteiger partial charge is 0.246 e. The molecule has 0 spiro atoms. The maximum absolute atomic E-state index is 10.5. The van der Waals surface area contributed by atoms with Gasteiger partial charge in [-0.1, -0.05) is 28.9 Å². The maximum atomic E-state index is 10.5. The molecule has 0 atom stereocenters. The molecule has 0 bridgehead atoms. The van der Waals surface area contributed by atoms with Crippen LogP contribution in [0.3, 0.4) is 0 Å². The van der Waals surface area contributed by atoms with Crippen molar-refractivity contribution in [3.8, 4) is 0 Å². The minimum absolute atomic E-state index is 0. The van der Waals surface area contributed by atoms with Crippen LogP contribution in [-0.4, -0.2) is 12.5 Å². The lowest BCUT2D eigenvalue weighted by Gasteiger charge is -1.97. The number of rotatable bonds is 2. The van der Waals surface area contributed by atoms with Gasteiger partial charge in [-0.2, -0.15) is 0 Å². The van der Waals surface area contributed by atoms with Gasteiger partial charge in [0.15, 0.2) is 0 Å². The van der Waals surface area contributed by atoms with Crippen molar-refractivity contribution in [2.45, 2.75) is 36.1 Å². The molecule has 2 heteroatoms. The summed E-state index contributed by atoms with van der Waals surface area (Å²) in [4.78, 5) is 10.5. The van der Waals surface area contributed by atoms with Crippen molar-refractivity contribution in [3.63, 3.8) is 0 Å². The quantitative estimate of drug-likeness (QED) is 0.620. The normalized spacial score (nSPS) is 6.00. The Hall–Kier alpha value is -0.790. The van der Waals surface area contributed by atoms with Crippen molar-refractivity contribution in [2.24, 2.45) is 0 Å². The van der Waals surface area contributed by atoms with Crippen LogP contribution in [0, 0.1) is 0 Å². The summed E-state index contributed by atoms with van der Waals surface area (Å²) in [5.41, 5.74) is 0.562. The molecule has 0 aliphatic heterocycles. The first-order chi connectivity index (χ1) is 3.68. The summed E-state index contributed by atoms with van der Waals surface area (Å²) < 4.78 is 0. The molecule has 0 heterocycles. The van der Waals surface area contributed by atoms with Crippen LogP contribution in [0.15, 0.2) is 12.2 Å². The summed E-state index contributed by atoms with van der Waals surface area (Å²) in [6.07, 6.45) is 0. The van der Waals surface area contributed by atoms with E-state index < -0.39 is 0 Å². The number of hydrogen-bond acceptors (Lipinski definition) is 1. The molecule has 0 fully saturated rings. The lowest BCUT2D eigenvalue weighted by molar-refractivity contribution is -0.117. The van der Waals surface area contributed by atoms with E-state index in [4.69, 9.17) is 0 Å². The molecule has 2 nitrogen and oxygen atoms in total. The zero-order valence-electron chi connectivity index (χ0n) is 5.32. The highest BCUT2D eigenvalue weighted by Gasteiger charge is 1.95. The Morgan fingerprint density at radius 2 is 1.73 bits per heavy atom. The zero-order valence-corrected chi connectivity index (χ0v) is 5.32. The first-order valence-corrected chi connectivity index (χ1v) is 2.62. The molecular weight excluding hydrogens is 138 g/mol. The molecule has 0 aromatic carbocycles. The Morgan fingerprint density at radius 1 is 1.36 bits per heavy atom. The minimum atomic E-state index is -0.0625. The van der Waals surface area contributed by atoms with E-state index in [-0.39, 0.29) is 28.2 Å². The third kappa shape index (κ3) is 12.4. The highest BCUT2D eigenvalue weighted by Crippen LogP contribution is 1.82. The SMILES string of the molecule is C.C.C.C=C(C)C(=O)NCC. The zero-order chi connectivity index (χ0) is 6.57. The Labute approximate surface area is 71.7 Å². The topological polar surface area (TPSA) is 29.1 Å².